The standard InChI is InChI=1S/C16H17N3O4/c1-17-14-8-7-12(19(21)22)9-13(14)16(20)18-10-11-5-3-4-6-15(11)23-2/h3-9,17H,10H2,1-2H3,(H,18,20). The fraction of sp³-hybridized carbons (Fsp3) is 0.188. The minimum Gasteiger partial charge on any atom is -0.496 e. The average molecular weight is 315 g/mol. The number of anilines is 1. The van der Waals surface area contributed by atoms with Gasteiger partial charge in [-0.25, -0.2) is 0 Å². The molecule has 0 radical (unpaired) electrons. The van der Waals surface area contributed by atoms with Crippen LogP contribution in [0.5, 0.6) is 5.75 Å². The van der Waals surface area contributed by atoms with Gasteiger partial charge in [0.2, 0.25) is 0 Å². The van der Waals surface area contributed by atoms with Crippen molar-refractivity contribution in [3.63, 3.8) is 0 Å². The van der Waals surface area contributed by atoms with Gasteiger partial charge >= 0.3 is 0 Å². The quantitative estimate of drug-likeness (QED) is 0.631. The van der Waals surface area contributed by atoms with Crippen LogP contribution in [0.25, 0.3) is 0 Å². The second-order valence-electron chi connectivity index (χ2n) is 4.73. The average Bonchev–Trinajstić information content (AvgIpc) is 2.59. The van der Waals surface area contributed by atoms with Crippen molar-refractivity contribution in [2.75, 3.05) is 19.5 Å². The number of carbonyl (C=O) groups excluding carboxylic acids is 1. The number of nitro groups is 1. The fourth-order valence-electron chi connectivity index (χ4n) is 2.17. The van der Waals surface area contributed by atoms with Crippen LogP contribution in [-0.4, -0.2) is 25.0 Å². The molecule has 1 amide bonds. The van der Waals surface area contributed by atoms with Gasteiger partial charge in [0.25, 0.3) is 11.6 Å². The Morgan fingerprint density at radius 2 is 2.00 bits per heavy atom. The molecule has 0 fully saturated rings. The van der Waals surface area contributed by atoms with E-state index in [0.717, 1.165) is 5.56 Å². The first-order valence-electron chi connectivity index (χ1n) is 6.93. The molecule has 23 heavy (non-hydrogen) atoms. The van der Waals surface area contributed by atoms with Gasteiger partial charge in [-0.05, 0) is 12.1 Å². The van der Waals surface area contributed by atoms with Crippen molar-refractivity contribution in [2.24, 2.45) is 0 Å². The molecule has 0 aliphatic carbocycles. The zero-order valence-corrected chi connectivity index (χ0v) is 12.8. The lowest BCUT2D eigenvalue weighted by Crippen LogP contribution is -2.24. The first kappa shape index (κ1) is 16.3. The highest BCUT2D eigenvalue weighted by atomic mass is 16.6. The van der Waals surface area contributed by atoms with Gasteiger partial charge in [0.1, 0.15) is 5.75 Å². The molecule has 0 bridgehead atoms. The molecule has 120 valence electrons. The molecule has 0 aliphatic rings. The Bertz CT molecular complexity index is 731. The van der Waals surface area contributed by atoms with E-state index in [4.69, 9.17) is 4.74 Å². The normalized spacial score (nSPS) is 10.0. The van der Waals surface area contributed by atoms with E-state index in [-0.39, 0.29) is 17.8 Å². The number of rotatable bonds is 6. The highest BCUT2D eigenvalue weighted by Gasteiger charge is 2.16. The first-order valence-corrected chi connectivity index (χ1v) is 6.93. The van der Waals surface area contributed by atoms with Crippen LogP contribution in [0.1, 0.15) is 15.9 Å². The minimum absolute atomic E-state index is 0.133. The summed E-state index contributed by atoms with van der Waals surface area (Å²) in [4.78, 5) is 22.7. The molecule has 0 spiro atoms. The van der Waals surface area contributed by atoms with E-state index in [2.05, 4.69) is 10.6 Å². The smallest absolute Gasteiger partial charge is 0.270 e. The Labute approximate surface area is 133 Å². The highest BCUT2D eigenvalue weighted by Crippen LogP contribution is 2.22. The highest BCUT2D eigenvalue weighted by molar-refractivity contribution is 6.00. The Kier molecular flexibility index (Phi) is 5.14. The van der Waals surface area contributed by atoms with E-state index in [1.165, 1.54) is 18.2 Å². The van der Waals surface area contributed by atoms with Gasteiger partial charge in [-0.15, -0.1) is 0 Å². The molecule has 0 aromatic heterocycles. The fourth-order valence-corrected chi connectivity index (χ4v) is 2.17. The van der Waals surface area contributed by atoms with Crippen molar-refractivity contribution in [1.82, 2.24) is 5.32 Å². The summed E-state index contributed by atoms with van der Waals surface area (Å²) in [7, 11) is 3.21. The molecular weight excluding hydrogens is 298 g/mol. The maximum atomic E-state index is 12.4. The number of nitrogens with one attached hydrogen (secondary N) is 2. The van der Waals surface area contributed by atoms with Crippen LogP contribution < -0.4 is 15.4 Å². The molecular formula is C16H17N3O4. The van der Waals surface area contributed by atoms with Crippen molar-refractivity contribution in [1.29, 1.82) is 0 Å². The topological polar surface area (TPSA) is 93.5 Å². The van der Waals surface area contributed by atoms with Gasteiger partial charge in [0, 0.05) is 37.0 Å². The number of hydrogen-bond acceptors (Lipinski definition) is 5. The number of methoxy groups -OCH3 is 1. The third-order valence-corrected chi connectivity index (χ3v) is 3.36. The van der Waals surface area contributed by atoms with E-state index in [9.17, 15) is 14.9 Å². The minimum atomic E-state index is -0.531. The molecule has 2 rings (SSSR count). The second kappa shape index (κ2) is 7.26. The summed E-state index contributed by atoms with van der Waals surface area (Å²) in [5.41, 5.74) is 1.43. The lowest BCUT2D eigenvalue weighted by atomic mass is 10.1. The van der Waals surface area contributed by atoms with E-state index in [0.29, 0.717) is 11.4 Å². The van der Waals surface area contributed by atoms with E-state index in [1.54, 1.807) is 20.2 Å². The molecule has 2 aromatic rings. The molecule has 7 heteroatoms. The third kappa shape index (κ3) is 3.76. The van der Waals surface area contributed by atoms with Crippen LogP contribution >= 0.6 is 0 Å². The summed E-state index contributed by atoms with van der Waals surface area (Å²) in [6, 6.07) is 11.4. The van der Waals surface area contributed by atoms with Gasteiger partial charge in [-0.3, -0.25) is 14.9 Å². The molecule has 2 N–H and O–H groups in total. The Balaban J connectivity index is 2.20. The number of ether oxygens (including phenoxy) is 1. The summed E-state index contributed by atoms with van der Waals surface area (Å²) in [6.07, 6.45) is 0. The van der Waals surface area contributed by atoms with Crippen molar-refractivity contribution < 1.29 is 14.5 Å². The molecule has 0 aliphatic heterocycles. The van der Waals surface area contributed by atoms with Gasteiger partial charge < -0.3 is 15.4 Å². The van der Waals surface area contributed by atoms with Crippen LogP contribution in [-0.2, 0) is 6.54 Å². The Hall–Kier alpha value is -3.09. The maximum Gasteiger partial charge on any atom is 0.270 e. The van der Waals surface area contributed by atoms with Crippen molar-refractivity contribution in [3.05, 3.63) is 63.7 Å². The number of hydrogen-bond donors (Lipinski definition) is 2. The van der Waals surface area contributed by atoms with Crippen molar-refractivity contribution in [3.8, 4) is 5.75 Å². The van der Waals surface area contributed by atoms with Gasteiger partial charge in [-0.1, -0.05) is 18.2 Å². The monoisotopic (exact) mass is 315 g/mol. The van der Waals surface area contributed by atoms with Crippen LogP contribution in [0.3, 0.4) is 0 Å². The Morgan fingerprint density at radius 1 is 1.26 bits per heavy atom. The zero-order chi connectivity index (χ0) is 16.8. The molecule has 0 atom stereocenters. The predicted octanol–water partition coefficient (Wildman–Crippen LogP) is 2.58. The molecule has 0 heterocycles. The summed E-state index contributed by atoms with van der Waals surface area (Å²) in [5, 5.41) is 16.5. The molecule has 2 aromatic carbocycles. The van der Waals surface area contributed by atoms with E-state index < -0.39 is 10.8 Å². The van der Waals surface area contributed by atoms with Crippen LogP contribution in [0, 0.1) is 10.1 Å². The van der Waals surface area contributed by atoms with Gasteiger partial charge in [0.15, 0.2) is 0 Å². The number of carbonyl (C=O) groups is 1. The van der Waals surface area contributed by atoms with Crippen molar-refractivity contribution >= 4 is 17.3 Å². The number of non-ortho nitro benzene ring substituents is 1. The van der Waals surface area contributed by atoms with E-state index in [1.807, 2.05) is 18.2 Å². The van der Waals surface area contributed by atoms with Crippen LogP contribution in [0.15, 0.2) is 42.5 Å². The van der Waals surface area contributed by atoms with Gasteiger partial charge in [-0.2, -0.15) is 0 Å². The molecule has 0 saturated carbocycles. The maximum absolute atomic E-state index is 12.4. The zero-order valence-electron chi connectivity index (χ0n) is 12.8. The molecule has 0 unspecified atom stereocenters. The molecule has 0 saturated heterocycles. The SMILES string of the molecule is CNc1ccc([N+](=O)[O-])cc1C(=O)NCc1ccccc1OC. The van der Waals surface area contributed by atoms with Crippen molar-refractivity contribution in [2.45, 2.75) is 6.54 Å². The first-order chi connectivity index (χ1) is 11.1. The summed E-state index contributed by atoms with van der Waals surface area (Å²) < 4.78 is 5.23. The lowest BCUT2D eigenvalue weighted by molar-refractivity contribution is -0.384. The van der Waals surface area contributed by atoms with Crippen LogP contribution in [0.2, 0.25) is 0 Å². The summed E-state index contributed by atoms with van der Waals surface area (Å²) in [5.74, 6) is 0.268. The van der Waals surface area contributed by atoms with Gasteiger partial charge in [0.05, 0.1) is 17.6 Å². The summed E-state index contributed by atoms with van der Waals surface area (Å²) >= 11 is 0. The Morgan fingerprint density at radius 3 is 2.65 bits per heavy atom. The summed E-state index contributed by atoms with van der Waals surface area (Å²) in [6.45, 7) is 0.259. The number of benzene rings is 2. The number of amides is 1. The number of nitro benzene ring substituents is 1. The third-order valence-electron chi connectivity index (χ3n) is 3.36. The molecule has 7 nitrogen and oxygen atoms in total. The number of nitrogens with zero attached hydrogens (tertiary/aromatic N) is 1. The largest absolute Gasteiger partial charge is 0.496 e. The number of para-hydroxylation sites is 1. The van der Waals surface area contributed by atoms with Crippen LogP contribution in [0.4, 0.5) is 11.4 Å². The lowest BCUT2D eigenvalue weighted by Gasteiger charge is -2.11. The second-order valence-corrected chi connectivity index (χ2v) is 4.73. The van der Waals surface area contributed by atoms with E-state index >= 15 is 0 Å². The predicted molar refractivity (Wildman–Crippen MR) is 86.8 cm³/mol.